The number of rotatable bonds is 13. The Kier molecular flexibility index (Phi) is 10.8. The molecule has 8 nitrogen and oxygen atoms in total. The van der Waals surface area contributed by atoms with E-state index in [4.69, 9.17) is 16.3 Å². The fraction of sp³-hybridized carbons (Fsp3) is 0.500. The minimum Gasteiger partial charge on any atom is -0.497 e. The third kappa shape index (κ3) is 8.11. The summed E-state index contributed by atoms with van der Waals surface area (Å²) in [5, 5.41) is 3.65. The summed E-state index contributed by atoms with van der Waals surface area (Å²) in [6, 6.07) is 13.5. The maximum atomic E-state index is 13.6. The Balaban J connectivity index is 1.75. The van der Waals surface area contributed by atoms with Crippen LogP contribution >= 0.6 is 11.6 Å². The number of halogens is 1. The van der Waals surface area contributed by atoms with E-state index in [0.717, 1.165) is 37.5 Å². The maximum Gasteiger partial charge on any atom is 0.243 e. The van der Waals surface area contributed by atoms with Gasteiger partial charge in [-0.2, -0.15) is 0 Å². The molecule has 0 spiro atoms. The van der Waals surface area contributed by atoms with Gasteiger partial charge in [0, 0.05) is 30.6 Å². The lowest BCUT2D eigenvalue weighted by atomic mass is 10.1. The lowest BCUT2D eigenvalue weighted by Gasteiger charge is -2.32. The lowest BCUT2D eigenvalue weighted by molar-refractivity contribution is -0.141. The lowest BCUT2D eigenvalue weighted by Crippen LogP contribution is -2.51. The number of ether oxygens (including phenoxy) is 1. The SMILES string of the molecule is CC[C@H](C(=O)NC1CCCC1)N(Cc1ccccc1Cl)C(=O)CCCN(c1ccc(OC)cc1)S(C)(=O)=O. The molecule has 0 unspecified atom stereocenters. The third-order valence-electron chi connectivity index (χ3n) is 6.90. The summed E-state index contributed by atoms with van der Waals surface area (Å²) in [5.74, 6) is 0.242. The van der Waals surface area contributed by atoms with E-state index >= 15 is 0 Å². The van der Waals surface area contributed by atoms with Crippen molar-refractivity contribution in [3.63, 3.8) is 0 Å². The fourth-order valence-electron chi connectivity index (χ4n) is 4.85. The van der Waals surface area contributed by atoms with Crippen molar-refractivity contribution in [2.24, 2.45) is 0 Å². The fourth-order valence-corrected chi connectivity index (χ4v) is 6.01. The van der Waals surface area contributed by atoms with Gasteiger partial charge >= 0.3 is 0 Å². The van der Waals surface area contributed by atoms with Gasteiger partial charge in [-0.3, -0.25) is 13.9 Å². The van der Waals surface area contributed by atoms with E-state index in [-0.39, 0.29) is 43.8 Å². The number of anilines is 1. The highest BCUT2D eigenvalue weighted by atomic mass is 35.5. The van der Waals surface area contributed by atoms with Crippen molar-refractivity contribution in [3.05, 3.63) is 59.1 Å². The highest BCUT2D eigenvalue weighted by molar-refractivity contribution is 7.92. The predicted molar refractivity (Wildman–Crippen MR) is 151 cm³/mol. The first-order chi connectivity index (χ1) is 18.1. The molecule has 1 saturated carbocycles. The molecular formula is C28H38ClN3O5S. The zero-order valence-electron chi connectivity index (χ0n) is 22.4. The van der Waals surface area contributed by atoms with Crippen LogP contribution in [-0.2, 0) is 26.2 Å². The number of carbonyl (C=O) groups is 2. The van der Waals surface area contributed by atoms with E-state index < -0.39 is 16.1 Å². The Morgan fingerprint density at radius 3 is 2.34 bits per heavy atom. The number of carbonyl (C=O) groups excluding carboxylic acids is 2. The van der Waals surface area contributed by atoms with Crippen LogP contribution < -0.4 is 14.4 Å². The van der Waals surface area contributed by atoms with Crippen molar-refractivity contribution >= 4 is 39.1 Å². The summed E-state index contributed by atoms with van der Waals surface area (Å²) in [6.07, 6.45) is 6.06. The highest BCUT2D eigenvalue weighted by Gasteiger charge is 2.31. The Labute approximate surface area is 231 Å². The molecule has 2 aromatic carbocycles. The zero-order chi connectivity index (χ0) is 27.7. The first-order valence-electron chi connectivity index (χ1n) is 13.1. The molecule has 2 amide bonds. The molecule has 1 aliphatic carbocycles. The van der Waals surface area contributed by atoms with Gasteiger partial charge in [0.05, 0.1) is 19.1 Å². The number of nitrogens with zero attached hydrogens (tertiary/aromatic N) is 2. The van der Waals surface area contributed by atoms with Crippen LogP contribution in [0.2, 0.25) is 5.02 Å². The minimum absolute atomic E-state index is 0.0832. The number of hydrogen-bond acceptors (Lipinski definition) is 5. The van der Waals surface area contributed by atoms with Gasteiger partial charge in [-0.1, -0.05) is 49.6 Å². The van der Waals surface area contributed by atoms with E-state index in [1.54, 1.807) is 42.3 Å². The van der Waals surface area contributed by atoms with Crippen LogP contribution in [0, 0.1) is 0 Å². The minimum atomic E-state index is -3.57. The second-order valence-corrected chi connectivity index (χ2v) is 12.0. The number of sulfonamides is 1. The second-order valence-electron chi connectivity index (χ2n) is 9.66. The topological polar surface area (TPSA) is 96.0 Å². The number of benzene rings is 2. The maximum absolute atomic E-state index is 13.6. The Morgan fingerprint density at radius 1 is 1.11 bits per heavy atom. The molecular weight excluding hydrogens is 526 g/mol. The average molecular weight is 564 g/mol. The third-order valence-corrected chi connectivity index (χ3v) is 8.46. The van der Waals surface area contributed by atoms with Gasteiger partial charge in [0.15, 0.2) is 0 Å². The van der Waals surface area contributed by atoms with E-state index in [0.29, 0.717) is 22.9 Å². The molecule has 208 valence electrons. The molecule has 1 aliphatic rings. The Morgan fingerprint density at radius 2 is 1.76 bits per heavy atom. The van der Waals surface area contributed by atoms with Gasteiger partial charge in [-0.25, -0.2) is 8.42 Å². The molecule has 1 fully saturated rings. The standard InChI is InChI=1S/C28H38ClN3O5S/c1-4-26(28(34)30-22-11-6-7-12-22)31(20-21-10-5-8-13-25(21)29)27(33)14-9-19-32(38(3,35)36)23-15-17-24(37-2)18-16-23/h5,8,10,13,15-18,22,26H,4,6-7,9,11-12,14,19-20H2,1-3H3,(H,30,34)/t26-/m1/s1. The van der Waals surface area contributed by atoms with E-state index in [1.165, 1.54) is 4.31 Å². The van der Waals surface area contributed by atoms with Crippen LogP contribution in [0.25, 0.3) is 0 Å². The summed E-state index contributed by atoms with van der Waals surface area (Å²) in [6.45, 7) is 2.21. The normalized spacial score (nSPS) is 14.6. The van der Waals surface area contributed by atoms with Crippen LogP contribution in [-0.4, -0.2) is 57.1 Å². The average Bonchev–Trinajstić information content (AvgIpc) is 3.40. The van der Waals surface area contributed by atoms with Gasteiger partial charge in [0.1, 0.15) is 11.8 Å². The van der Waals surface area contributed by atoms with Crippen LogP contribution in [0.3, 0.4) is 0 Å². The van der Waals surface area contributed by atoms with Crippen LogP contribution in [0.15, 0.2) is 48.5 Å². The van der Waals surface area contributed by atoms with Gasteiger partial charge < -0.3 is 15.0 Å². The molecule has 0 heterocycles. The molecule has 0 aliphatic heterocycles. The number of amides is 2. The number of methoxy groups -OCH3 is 1. The van der Waals surface area contributed by atoms with Gasteiger partial charge in [-0.05, 0) is 61.6 Å². The largest absolute Gasteiger partial charge is 0.497 e. The summed E-state index contributed by atoms with van der Waals surface area (Å²) in [5.41, 5.74) is 1.25. The van der Waals surface area contributed by atoms with Gasteiger partial charge in [0.2, 0.25) is 21.8 Å². The Hall–Kier alpha value is -2.78. The molecule has 0 bridgehead atoms. The monoisotopic (exact) mass is 563 g/mol. The summed E-state index contributed by atoms with van der Waals surface area (Å²) >= 11 is 6.40. The van der Waals surface area contributed by atoms with Crippen LogP contribution in [0.4, 0.5) is 5.69 Å². The molecule has 0 aromatic heterocycles. The van der Waals surface area contributed by atoms with Crippen molar-refractivity contribution in [3.8, 4) is 5.75 Å². The molecule has 1 N–H and O–H groups in total. The van der Waals surface area contributed by atoms with Crippen molar-refractivity contribution in [2.75, 3.05) is 24.2 Å². The zero-order valence-corrected chi connectivity index (χ0v) is 23.9. The molecule has 1 atom stereocenters. The van der Waals surface area contributed by atoms with Crippen LogP contribution in [0.1, 0.15) is 57.4 Å². The summed E-state index contributed by atoms with van der Waals surface area (Å²) in [4.78, 5) is 28.4. The van der Waals surface area contributed by atoms with Gasteiger partial charge in [-0.15, -0.1) is 0 Å². The predicted octanol–water partition coefficient (Wildman–Crippen LogP) is 4.76. The van der Waals surface area contributed by atoms with Gasteiger partial charge in [0.25, 0.3) is 0 Å². The van der Waals surface area contributed by atoms with Crippen molar-refractivity contribution < 1.29 is 22.7 Å². The second kappa shape index (κ2) is 13.8. The van der Waals surface area contributed by atoms with Crippen molar-refractivity contribution in [1.29, 1.82) is 0 Å². The Bertz CT molecular complexity index is 1180. The molecule has 38 heavy (non-hydrogen) atoms. The smallest absolute Gasteiger partial charge is 0.243 e. The molecule has 10 heteroatoms. The highest BCUT2D eigenvalue weighted by Crippen LogP contribution is 2.24. The molecule has 0 saturated heterocycles. The number of nitrogens with one attached hydrogen (secondary N) is 1. The van der Waals surface area contributed by atoms with E-state index in [9.17, 15) is 18.0 Å². The van der Waals surface area contributed by atoms with E-state index in [1.807, 2.05) is 25.1 Å². The van der Waals surface area contributed by atoms with E-state index in [2.05, 4.69) is 5.32 Å². The summed E-state index contributed by atoms with van der Waals surface area (Å²) in [7, 11) is -2.03. The number of hydrogen-bond donors (Lipinski definition) is 1. The molecule has 3 rings (SSSR count). The van der Waals surface area contributed by atoms with Crippen molar-refractivity contribution in [2.45, 2.75) is 70.5 Å². The van der Waals surface area contributed by atoms with Crippen LogP contribution in [0.5, 0.6) is 5.75 Å². The molecule has 2 aromatic rings. The molecule has 0 radical (unpaired) electrons. The first-order valence-corrected chi connectivity index (χ1v) is 15.3. The quantitative estimate of drug-likeness (QED) is 0.379. The first kappa shape index (κ1) is 29.8. The summed E-state index contributed by atoms with van der Waals surface area (Å²) < 4.78 is 31.5. The van der Waals surface area contributed by atoms with Crippen molar-refractivity contribution in [1.82, 2.24) is 10.2 Å².